The quantitative estimate of drug-likeness (QED) is 0.248. The third kappa shape index (κ3) is 5.11. The highest BCUT2D eigenvalue weighted by molar-refractivity contribution is 6.47. The Morgan fingerprint density at radius 2 is 2.09 bits per heavy atom. The second-order valence-corrected chi connectivity index (χ2v) is 7.96. The van der Waals surface area contributed by atoms with Crippen LogP contribution >= 0.6 is 0 Å². The normalized spacial score (nSPS) is 15.5. The van der Waals surface area contributed by atoms with Crippen LogP contribution in [-0.2, 0) is 6.42 Å². The summed E-state index contributed by atoms with van der Waals surface area (Å²) in [6.07, 6.45) is 7.96. The van der Waals surface area contributed by atoms with Crippen LogP contribution in [0, 0.1) is 23.1 Å². The van der Waals surface area contributed by atoms with Crippen molar-refractivity contribution in [3.8, 4) is 11.9 Å². The summed E-state index contributed by atoms with van der Waals surface area (Å²) in [5.41, 5.74) is 2.48. The average molecular weight is 466 g/mol. The standard InChI is InChI=1S/C23H24F2N8O/c1-15(30-19-4-7-32(14-26)8-5-19)22(31-27)16-10-21(23-20(25)12-29-33(23)13-16)34-9-6-18-3-2-17(24)11-28-18/h2-3,10-13,19H,4-9,27H2,1H3/b30-15?,31-22+. The monoisotopic (exact) mass is 466 g/mol. The highest BCUT2D eigenvalue weighted by Crippen LogP contribution is 2.25. The Labute approximate surface area is 195 Å². The van der Waals surface area contributed by atoms with Crippen LogP contribution in [0.15, 0.2) is 46.9 Å². The first kappa shape index (κ1) is 23.1. The molecule has 0 bridgehead atoms. The first-order valence-corrected chi connectivity index (χ1v) is 10.9. The van der Waals surface area contributed by atoms with Crippen molar-refractivity contribution in [3.63, 3.8) is 0 Å². The second-order valence-electron chi connectivity index (χ2n) is 7.96. The number of hydrogen-bond acceptors (Lipinski definition) is 8. The Morgan fingerprint density at radius 1 is 1.29 bits per heavy atom. The van der Waals surface area contributed by atoms with E-state index in [1.807, 2.05) is 6.92 Å². The van der Waals surface area contributed by atoms with Crippen LogP contribution in [0.1, 0.15) is 31.0 Å². The van der Waals surface area contributed by atoms with Crippen LogP contribution in [0.3, 0.4) is 0 Å². The third-order valence-electron chi connectivity index (χ3n) is 5.66. The van der Waals surface area contributed by atoms with Crippen molar-refractivity contribution >= 4 is 16.9 Å². The van der Waals surface area contributed by atoms with Gasteiger partial charge in [0, 0.05) is 37.0 Å². The summed E-state index contributed by atoms with van der Waals surface area (Å²) in [5, 5.41) is 17.0. The molecular formula is C23H24F2N8O. The zero-order chi connectivity index (χ0) is 24.1. The molecule has 4 rings (SSSR count). The Balaban J connectivity index is 1.56. The van der Waals surface area contributed by atoms with Gasteiger partial charge in [-0.15, -0.1) is 0 Å². The van der Waals surface area contributed by atoms with Gasteiger partial charge in [0.25, 0.3) is 0 Å². The van der Waals surface area contributed by atoms with E-state index in [1.165, 1.54) is 10.6 Å². The third-order valence-corrected chi connectivity index (χ3v) is 5.66. The molecule has 2 N–H and O–H groups in total. The van der Waals surface area contributed by atoms with Gasteiger partial charge in [-0.3, -0.25) is 9.98 Å². The minimum Gasteiger partial charge on any atom is -0.491 e. The van der Waals surface area contributed by atoms with Gasteiger partial charge in [0.05, 0.1) is 30.8 Å². The molecule has 0 spiro atoms. The molecular weight excluding hydrogens is 442 g/mol. The maximum absolute atomic E-state index is 14.4. The zero-order valence-corrected chi connectivity index (χ0v) is 18.7. The number of nitriles is 1. The van der Waals surface area contributed by atoms with Crippen LogP contribution in [0.25, 0.3) is 5.52 Å². The molecule has 0 amide bonds. The van der Waals surface area contributed by atoms with E-state index < -0.39 is 11.6 Å². The Morgan fingerprint density at radius 3 is 2.76 bits per heavy atom. The molecule has 1 aliphatic rings. The summed E-state index contributed by atoms with van der Waals surface area (Å²) in [4.78, 5) is 10.5. The Kier molecular flexibility index (Phi) is 6.96. The van der Waals surface area contributed by atoms with E-state index in [2.05, 4.69) is 21.4 Å². The fourth-order valence-corrected chi connectivity index (χ4v) is 3.91. The van der Waals surface area contributed by atoms with Gasteiger partial charge in [-0.2, -0.15) is 15.5 Å². The number of hydrogen-bond donors (Lipinski definition) is 1. The molecule has 3 aromatic heterocycles. The summed E-state index contributed by atoms with van der Waals surface area (Å²) in [6.45, 7) is 3.33. The number of fused-ring (bicyclic) bond motifs is 1. The number of pyridine rings is 2. The number of aromatic nitrogens is 3. The molecule has 0 unspecified atom stereocenters. The van der Waals surface area contributed by atoms with Gasteiger partial charge < -0.3 is 15.5 Å². The lowest BCUT2D eigenvalue weighted by atomic mass is 10.0. The number of ether oxygens (including phenoxy) is 1. The number of likely N-dealkylation sites (tertiary alicyclic amines) is 1. The maximum atomic E-state index is 14.4. The number of nitrogens with zero attached hydrogens (tertiary/aromatic N) is 7. The topological polar surface area (TPSA) is 117 Å². The van der Waals surface area contributed by atoms with Crippen molar-refractivity contribution in [2.24, 2.45) is 15.9 Å². The van der Waals surface area contributed by atoms with Gasteiger partial charge in [0.1, 0.15) is 22.8 Å². The average Bonchev–Trinajstić information content (AvgIpc) is 3.22. The van der Waals surface area contributed by atoms with E-state index in [9.17, 15) is 8.78 Å². The van der Waals surface area contributed by atoms with Gasteiger partial charge in [0.2, 0.25) is 0 Å². The van der Waals surface area contributed by atoms with Crippen LogP contribution in [-0.4, -0.2) is 56.7 Å². The molecule has 3 aromatic rings. The van der Waals surface area contributed by atoms with Crippen LogP contribution in [0.4, 0.5) is 8.78 Å². The minimum absolute atomic E-state index is 0.0613. The molecule has 1 saturated heterocycles. The van der Waals surface area contributed by atoms with E-state index >= 15 is 0 Å². The van der Waals surface area contributed by atoms with E-state index in [4.69, 9.17) is 20.8 Å². The molecule has 11 heteroatoms. The maximum Gasteiger partial charge on any atom is 0.179 e. The van der Waals surface area contributed by atoms with Gasteiger partial charge in [-0.1, -0.05) is 0 Å². The molecule has 9 nitrogen and oxygen atoms in total. The summed E-state index contributed by atoms with van der Waals surface area (Å²) in [6, 6.07) is 4.62. The summed E-state index contributed by atoms with van der Waals surface area (Å²) >= 11 is 0. The van der Waals surface area contributed by atoms with Crippen molar-refractivity contribution in [1.29, 1.82) is 5.26 Å². The summed E-state index contributed by atoms with van der Waals surface area (Å²) in [7, 11) is 0. The predicted octanol–water partition coefficient (Wildman–Crippen LogP) is 2.70. The fraction of sp³-hybridized carbons (Fsp3) is 0.348. The Hall–Kier alpha value is -4.07. The smallest absolute Gasteiger partial charge is 0.179 e. The molecule has 176 valence electrons. The van der Waals surface area contributed by atoms with Gasteiger partial charge in [-0.25, -0.2) is 13.3 Å². The summed E-state index contributed by atoms with van der Waals surface area (Å²) in [5.74, 6) is 5.04. The van der Waals surface area contributed by atoms with E-state index in [0.29, 0.717) is 42.2 Å². The number of aliphatic imine (C=N–C) groups is 1. The van der Waals surface area contributed by atoms with Crippen LogP contribution < -0.4 is 10.6 Å². The van der Waals surface area contributed by atoms with E-state index in [1.54, 1.807) is 23.2 Å². The van der Waals surface area contributed by atoms with Crippen LogP contribution in [0.5, 0.6) is 5.75 Å². The lowest BCUT2D eigenvalue weighted by molar-refractivity contribution is 0.297. The molecule has 1 fully saturated rings. The molecule has 0 radical (unpaired) electrons. The molecule has 4 heterocycles. The second kappa shape index (κ2) is 10.2. The van der Waals surface area contributed by atoms with Crippen molar-refractivity contribution in [3.05, 3.63) is 59.7 Å². The van der Waals surface area contributed by atoms with Crippen molar-refractivity contribution < 1.29 is 13.5 Å². The van der Waals surface area contributed by atoms with Crippen molar-refractivity contribution in [2.75, 3.05) is 19.7 Å². The lowest BCUT2D eigenvalue weighted by Crippen LogP contribution is -2.32. The van der Waals surface area contributed by atoms with Crippen LogP contribution in [0.2, 0.25) is 0 Å². The Bertz CT molecular complexity index is 1250. The molecule has 0 aromatic carbocycles. The first-order chi connectivity index (χ1) is 16.5. The lowest BCUT2D eigenvalue weighted by Gasteiger charge is -2.26. The molecule has 0 saturated carbocycles. The minimum atomic E-state index is -0.526. The number of nitrogens with two attached hydrogens (primary N) is 1. The number of rotatable bonds is 7. The first-order valence-electron chi connectivity index (χ1n) is 10.9. The van der Waals surface area contributed by atoms with Crippen molar-refractivity contribution in [1.82, 2.24) is 19.5 Å². The molecule has 0 aliphatic carbocycles. The van der Waals surface area contributed by atoms with Gasteiger partial charge in [-0.05, 0) is 38.0 Å². The molecule has 34 heavy (non-hydrogen) atoms. The summed E-state index contributed by atoms with van der Waals surface area (Å²) < 4.78 is 34.7. The van der Waals surface area contributed by atoms with E-state index in [-0.39, 0.29) is 23.9 Å². The molecule has 1 aliphatic heterocycles. The zero-order valence-electron chi connectivity index (χ0n) is 18.7. The van der Waals surface area contributed by atoms with Crippen molar-refractivity contribution in [2.45, 2.75) is 32.2 Å². The largest absolute Gasteiger partial charge is 0.491 e. The number of piperidine rings is 1. The number of hydrazone groups is 1. The highest BCUT2D eigenvalue weighted by atomic mass is 19.1. The van der Waals surface area contributed by atoms with Gasteiger partial charge >= 0.3 is 0 Å². The van der Waals surface area contributed by atoms with E-state index in [0.717, 1.165) is 25.2 Å². The SMILES string of the molecule is CC(=NC1CCN(C#N)CC1)/C(=N\N)c1cc(OCCc2ccc(F)cn2)c2c(F)cnn2c1. The van der Waals surface area contributed by atoms with Gasteiger partial charge in [0.15, 0.2) is 12.0 Å². The fourth-order valence-electron chi connectivity index (χ4n) is 3.91. The predicted molar refractivity (Wildman–Crippen MR) is 123 cm³/mol. The highest BCUT2D eigenvalue weighted by Gasteiger charge is 2.20. The number of halogens is 2. The molecule has 0 atom stereocenters.